The number of amides is 1. The molecule has 1 saturated heterocycles. The Morgan fingerprint density at radius 3 is 2.58 bits per heavy atom. The zero-order chi connectivity index (χ0) is 24.9. The fourth-order valence-electron chi connectivity index (χ4n) is 3.10. The molecule has 0 saturated carbocycles. The van der Waals surface area contributed by atoms with Gasteiger partial charge in [-0.3, -0.25) is 28.1 Å². The van der Waals surface area contributed by atoms with Crippen LogP contribution in [0.25, 0.3) is 11.2 Å². The number of aromatic nitrogens is 4. The van der Waals surface area contributed by atoms with E-state index in [-0.39, 0.29) is 31.1 Å². The van der Waals surface area contributed by atoms with Crippen LogP contribution in [0.2, 0.25) is 0 Å². The first-order valence-electron chi connectivity index (χ1n) is 9.32. The van der Waals surface area contributed by atoms with Crippen molar-refractivity contribution in [1.29, 1.82) is 0 Å². The first kappa shape index (κ1) is 26.7. The fraction of sp³-hybridized carbons (Fsp3) is 0.600. The van der Waals surface area contributed by atoms with E-state index in [9.17, 15) is 20.1 Å². The lowest BCUT2D eigenvalue weighted by Crippen LogP contribution is -2.41. The highest BCUT2D eigenvalue weighted by Gasteiger charge is 2.45. The smallest absolute Gasteiger partial charge is 0.235 e. The molecule has 2 aromatic rings. The second kappa shape index (κ2) is 11.0. The first-order valence-corrected chi connectivity index (χ1v) is 10.7. The topological polar surface area (TPSA) is 278 Å². The number of hydrogen-bond donors (Lipinski definition) is 6. The number of hydrazine groups is 1. The van der Waals surface area contributed by atoms with E-state index in [0.717, 1.165) is 0 Å². The van der Waals surface area contributed by atoms with Crippen molar-refractivity contribution in [3.05, 3.63) is 12.7 Å². The molecule has 2 aromatic heterocycles. The number of imidazole rings is 1. The predicted octanol–water partition coefficient (Wildman–Crippen LogP) is -4.29. The molecule has 5 atom stereocenters. The number of aliphatic hydroxyl groups excluding tert-OH is 3. The van der Waals surface area contributed by atoms with Crippen LogP contribution in [0.3, 0.4) is 0 Å². The van der Waals surface area contributed by atoms with Gasteiger partial charge in [-0.05, 0) is 7.05 Å². The lowest BCUT2D eigenvalue weighted by Gasteiger charge is -2.26. The third kappa shape index (κ3) is 7.22. The van der Waals surface area contributed by atoms with E-state index in [4.69, 9.17) is 33.8 Å². The summed E-state index contributed by atoms with van der Waals surface area (Å²) in [5.41, 5.74) is 8.49. The molecule has 0 bridgehead atoms. The second-order valence-corrected chi connectivity index (χ2v) is 7.87. The summed E-state index contributed by atoms with van der Waals surface area (Å²) < 4.78 is 41.3. The SMILES string of the molecule is CN(CCC(=O)NN)C(O)C[C@H]1O[C@@H](n2cnc3c(N)ncnc32)[C@H](O)[C@@H]1O.O=S(=O)([O-])[O-]. The highest BCUT2D eigenvalue weighted by Crippen LogP contribution is 2.33. The highest BCUT2D eigenvalue weighted by molar-refractivity contribution is 7.79. The van der Waals surface area contributed by atoms with Crippen LogP contribution < -0.4 is 17.0 Å². The summed E-state index contributed by atoms with van der Waals surface area (Å²) >= 11 is 0. The number of aliphatic hydroxyl groups is 3. The number of rotatable bonds is 7. The molecule has 17 nitrogen and oxygen atoms in total. The van der Waals surface area contributed by atoms with Gasteiger partial charge < -0.3 is 34.9 Å². The normalized spacial score (nSPS) is 23.9. The number of anilines is 1. The van der Waals surface area contributed by atoms with Gasteiger partial charge in [-0.25, -0.2) is 20.8 Å². The minimum atomic E-state index is -5.17. The molecule has 0 radical (unpaired) electrons. The molecule has 1 unspecified atom stereocenters. The Balaban J connectivity index is 0.000000696. The lowest BCUT2D eigenvalue weighted by atomic mass is 10.1. The van der Waals surface area contributed by atoms with Gasteiger partial charge in [0.25, 0.3) is 0 Å². The molecule has 18 heteroatoms. The van der Waals surface area contributed by atoms with Gasteiger partial charge in [-0.1, -0.05) is 0 Å². The number of carbonyl (C=O) groups excluding carboxylic acids is 1. The molecule has 0 aromatic carbocycles. The third-order valence-electron chi connectivity index (χ3n) is 4.80. The molecule has 0 aliphatic carbocycles. The number of nitrogens with zero attached hydrogens (tertiary/aromatic N) is 5. The Labute approximate surface area is 187 Å². The van der Waals surface area contributed by atoms with Gasteiger partial charge in [0.2, 0.25) is 5.91 Å². The number of carbonyl (C=O) groups is 1. The molecule has 1 aliphatic rings. The zero-order valence-corrected chi connectivity index (χ0v) is 18.1. The maximum atomic E-state index is 11.2. The van der Waals surface area contributed by atoms with E-state index in [0.29, 0.717) is 11.2 Å². The number of fused-ring (bicyclic) bond motifs is 1. The van der Waals surface area contributed by atoms with E-state index in [2.05, 4.69) is 15.0 Å². The minimum Gasteiger partial charge on any atom is -0.759 e. The summed E-state index contributed by atoms with van der Waals surface area (Å²) in [5, 5.41) is 31.1. The van der Waals surface area contributed by atoms with Crippen LogP contribution in [0.4, 0.5) is 5.82 Å². The maximum Gasteiger partial charge on any atom is 0.235 e. The van der Waals surface area contributed by atoms with Crippen LogP contribution in [-0.2, 0) is 19.9 Å². The molecular weight excluding hydrogens is 468 g/mol. The molecule has 1 fully saturated rings. The molecule has 8 N–H and O–H groups in total. The Hall–Kier alpha value is -2.55. The molecule has 1 amide bonds. The van der Waals surface area contributed by atoms with Gasteiger partial charge >= 0.3 is 0 Å². The molecule has 186 valence electrons. The van der Waals surface area contributed by atoms with Crippen LogP contribution in [0.5, 0.6) is 0 Å². The van der Waals surface area contributed by atoms with E-state index in [1.54, 1.807) is 7.05 Å². The van der Waals surface area contributed by atoms with Crippen molar-refractivity contribution in [2.45, 2.75) is 43.6 Å². The van der Waals surface area contributed by atoms with Crippen molar-refractivity contribution in [2.75, 3.05) is 19.3 Å². The molecule has 0 spiro atoms. The molecular formula is C15H24N8O9S-2. The van der Waals surface area contributed by atoms with Gasteiger partial charge in [-0.2, -0.15) is 0 Å². The van der Waals surface area contributed by atoms with Crippen LogP contribution in [0, 0.1) is 0 Å². The quantitative estimate of drug-likeness (QED) is 0.0532. The number of nitrogen functional groups attached to an aromatic ring is 1. The first-order chi connectivity index (χ1) is 15.3. The van der Waals surface area contributed by atoms with Crippen molar-refractivity contribution >= 4 is 33.3 Å². The highest BCUT2D eigenvalue weighted by atomic mass is 32.3. The van der Waals surface area contributed by atoms with Crippen molar-refractivity contribution in [3.63, 3.8) is 0 Å². The van der Waals surface area contributed by atoms with Gasteiger partial charge in [0.1, 0.15) is 30.3 Å². The summed E-state index contributed by atoms with van der Waals surface area (Å²) in [4.78, 5) is 24.8. The maximum absolute atomic E-state index is 11.2. The average Bonchev–Trinajstić information content (AvgIpc) is 3.27. The molecule has 3 rings (SSSR count). The van der Waals surface area contributed by atoms with Crippen molar-refractivity contribution < 1.29 is 42.4 Å². The van der Waals surface area contributed by atoms with E-state index in [1.165, 1.54) is 22.1 Å². The Kier molecular flexibility index (Phi) is 8.94. The summed E-state index contributed by atoms with van der Waals surface area (Å²) in [6, 6.07) is 0. The minimum absolute atomic E-state index is 0.0131. The van der Waals surface area contributed by atoms with Gasteiger partial charge in [-0.15, -0.1) is 0 Å². The third-order valence-corrected chi connectivity index (χ3v) is 4.80. The summed E-state index contributed by atoms with van der Waals surface area (Å²) in [5.74, 6) is 4.85. The number of ether oxygens (including phenoxy) is 1. The van der Waals surface area contributed by atoms with Crippen LogP contribution in [0.1, 0.15) is 19.1 Å². The number of hydrogen-bond acceptors (Lipinski definition) is 15. The van der Waals surface area contributed by atoms with Crippen molar-refractivity contribution in [2.24, 2.45) is 5.84 Å². The van der Waals surface area contributed by atoms with Crippen molar-refractivity contribution in [1.82, 2.24) is 29.8 Å². The summed E-state index contributed by atoms with van der Waals surface area (Å²) in [7, 11) is -3.55. The molecule has 3 heterocycles. The lowest BCUT2D eigenvalue weighted by molar-refractivity contribution is -0.122. The van der Waals surface area contributed by atoms with E-state index < -0.39 is 41.2 Å². The summed E-state index contributed by atoms with van der Waals surface area (Å²) in [6.07, 6.45) is -2.54. The number of nitrogens with two attached hydrogens (primary N) is 2. The second-order valence-electron chi connectivity index (χ2n) is 7.05. The number of nitrogens with one attached hydrogen (secondary N) is 1. The molecule has 33 heavy (non-hydrogen) atoms. The molecule has 1 aliphatic heterocycles. The Morgan fingerprint density at radius 2 is 1.97 bits per heavy atom. The Morgan fingerprint density at radius 1 is 1.33 bits per heavy atom. The van der Waals surface area contributed by atoms with Crippen LogP contribution in [0.15, 0.2) is 12.7 Å². The van der Waals surface area contributed by atoms with Gasteiger partial charge in [0.15, 0.2) is 17.7 Å². The summed E-state index contributed by atoms with van der Waals surface area (Å²) in [6.45, 7) is 0.251. The zero-order valence-electron chi connectivity index (χ0n) is 17.3. The standard InChI is InChI=1S/C15H24N8O5.H2O4S/c1-22(3-2-8(24)21-17)9(25)4-7-11(26)12(27)15(28-7)23-6-20-10-13(16)18-5-19-14(10)23;1-5(2,3)4/h5-7,9,11-12,15,25-27H,2-4,17H2,1H3,(H,21,24)(H2,16,18,19);(H2,1,2,3,4)/p-2/t7-,9?,11-,12-,15-;/m1./s1. The largest absolute Gasteiger partial charge is 0.759 e. The fourth-order valence-corrected chi connectivity index (χ4v) is 3.10. The van der Waals surface area contributed by atoms with Crippen molar-refractivity contribution in [3.8, 4) is 0 Å². The Bertz CT molecular complexity index is 1040. The van der Waals surface area contributed by atoms with Crippen LogP contribution in [-0.4, -0.2) is 101 Å². The monoisotopic (exact) mass is 492 g/mol. The van der Waals surface area contributed by atoms with E-state index >= 15 is 0 Å². The average molecular weight is 492 g/mol. The predicted molar refractivity (Wildman–Crippen MR) is 106 cm³/mol. The van der Waals surface area contributed by atoms with E-state index in [1.807, 2.05) is 5.43 Å². The van der Waals surface area contributed by atoms with Crippen LogP contribution >= 0.6 is 0 Å². The van der Waals surface area contributed by atoms with Gasteiger partial charge in [0.05, 0.1) is 12.4 Å². The van der Waals surface area contributed by atoms with Gasteiger partial charge in [0, 0.05) is 29.8 Å².